The molecule has 0 spiro atoms. The van der Waals surface area contributed by atoms with Gasteiger partial charge in [-0.25, -0.2) is 4.79 Å². The van der Waals surface area contributed by atoms with Gasteiger partial charge in [-0.3, -0.25) is 0 Å². The highest BCUT2D eigenvalue weighted by Crippen LogP contribution is 2.33. The zero-order chi connectivity index (χ0) is 14.7. The summed E-state index contributed by atoms with van der Waals surface area (Å²) in [5, 5.41) is 0. The van der Waals surface area contributed by atoms with Crippen molar-refractivity contribution >= 4 is 5.97 Å². The van der Waals surface area contributed by atoms with Gasteiger partial charge in [0.25, 0.3) is 0 Å². The van der Waals surface area contributed by atoms with Crippen LogP contribution in [-0.4, -0.2) is 11.6 Å². The van der Waals surface area contributed by atoms with Crippen molar-refractivity contribution in [1.82, 2.24) is 0 Å². The lowest BCUT2D eigenvalue weighted by molar-refractivity contribution is -0.161. The van der Waals surface area contributed by atoms with Gasteiger partial charge in [0.15, 0.2) is 0 Å². The zero-order valence-electron chi connectivity index (χ0n) is 13.4. The van der Waals surface area contributed by atoms with Crippen molar-refractivity contribution in [3.05, 3.63) is 22.8 Å². The summed E-state index contributed by atoms with van der Waals surface area (Å²) in [5.74, 6) is -0.240. The third-order valence-electron chi connectivity index (χ3n) is 3.35. The van der Waals surface area contributed by atoms with Crippen LogP contribution in [0.25, 0.3) is 0 Å². The van der Waals surface area contributed by atoms with Crippen LogP contribution >= 0.6 is 0 Å². The molecule has 2 nitrogen and oxygen atoms in total. The number of allylic oxidation sites excluding steroid dienone is 2. The van der Waals surface area contributed by atoms with Crippen LogP contribution in [0.3, 0.4) is 0 Å². The molecule has 0 aromatic rings. The molecule has 0 aliphatic rings. The molecule has 0 aliphatic heterocycles. The van der Waals surface area contributed by atoms with Gasteiger partial charge in [0.2, 0.25) is 0 Å². The summed E-state index contributed by atoms with van der Waals surface area (Å²) < 4.78 is 5.69. The largest absolute Gasteiger partial charge is 0.456 e. The monoisotopic (exact) mass is 252 g/mol. The van der Waals surface area contributed by atoms with Crippen molar-refractivity contribution in [2.45, 2.75) is 67.9 Å². The molecule has 2 heteroatoms. The van der Waals surface area contributed by atoms with E-state index in [4.69, 9.17) is 4.74 Å². The average molecular weight is 252 g/mol. The third-order valence-corrected chi connectivity index (χ3v) is 3.35. The van der Waals surface area contributed by atoms with Crippen molar-refractivity contribution < 1.29 is 9.53 Å². The van der Waals surface area contributed by atoms with Crippen LogP contribution in [0, 0.1) is 5.41 Å². The number of carbonyl (C=O) groups excluding carboxylic acids is 1. The lowest BCUT2D eigenvalue weighted by Gasteiger charge is -2.38. The standard InChI is InChI=1S/C16H28O2/c1-11(2)10-13(12(3)4)14(17)18-16(8,9)15(5,6)7/h10H,1-9H3. The number of hydrogen-bond donors (Lipinski definition) is 0. The van der Waals surface area contributed by atoms with Crippen LogP contribution in [0.2, 0.25) is 0 Å². The Hall–Kier alpha value is -1.05. The average Bonchev–Trinajstić information content (AvgIpc) is 2.10. The second-order valence-electron chi connectivity index (χ2n) is 6.79. The molecule has 0 aliphatic carbocycles. The number of carbonyl (C=O) groups is 1. The van der Waals surface area contributed by atoms with Crippen molar-refractivity contribution in [3.63, 3.8) is 0 Å². The number of rotatable bonds is 3. The molecular formula is C16H28O2. The number of ether oxygens (including phenoxy) is 1. The summed E-state index contributed by atoms with van der Waals surface area (Å²) in [7, 11) is 0. The first-order valence-corrected chi connectivity index (χ1v) is 6.44. The summed E-state index contributed by atoms with van der Waals surface area (Å²) in [4.78, 5) is 12.3. The van der Waals surface area contributed by atoms with Crippen LogP contribution in [0.15, 0.2) is 22.8 Å². The van der Waals surface area contributed by atoms with Crippen LogP contribution in [0.4, 0.5) is 0 Å². The molecule has 0 saturated heterocycles. The van der Waals surface area contributed by atoms with Gasteiger partial charge < -0.3 is 4.74 Å². The Morgan fingerprint density at radius 3 is 1.67 bits per heavy atom. The van der Waals surface area contributed by atoms with Crippen molar-refractivity contribution in [1.29, 1.82) is 0 Å². The fraction of sp³-hybridized carbons (Fsp3) is 0.688. The summed E-state index contributed by atoms with van der Waals surface area (Å²) >= 11 is 0. The van der Waals surface area contributed by atoms with Crippen LogP contribution in [-0.2, 0) is 9.53 Å². The van der Waals surface area contributed by atoms with E-state index in [1.54, 1.807) is 0 Å². The smallest absolute Gasteiger partial charge is 0.338 e. The number of hydrogen-bond acceptors (Lipinski definition) is 2. The van der Waals surface area contributed by atoms with Crippen LogP contribution in [0.1, 0.15) is 62.3 Å². The van der Waals surface area contributed by atoms with Gasteiger partial charge in [0.1, 0.15) is 5.60 Å². The van der Waals surface area contributed by atoms with Crippen LogP contribution in [0.5, 0.6) is 0 Å². The normalized spacial score (nSPS) is 11.8. The predicted molar refractivity (Wildman–Crippen MR) is 77.4 cm³/mol. The number of esters is 1. The van der Waals surface area contributed by atoms with E-state index < -0.39 is 5.60 Å². The maximum absolute atomic E-state index is 12.3. The summed E-state index contributed by atoms with van der Waals surface area (Å²) in [6.45, 7) is 17.9. The molecule has 0 aromatic carbocycles. The Bertz CT molecular complexity index is 368. The fourth-order valence-corrected chi connectivity index (χ4v) is 1.14. The third kappa shape index (κ3) is 4.67. The Morgan fingerprint density at radius 2 is 1.39 bits per heavy atom. The highest BCUT2D eigenvalue weighted by molar-refractivity contribution is 5.92. The molecule has 0 rings (SSSR count). The maximum Gasteiger partial charge on any atom is 0.338 e. The van der Waals surface area contributed by atoms with E-state index in [-0.39, 0.29) is 11.4 Å². The first-order valence-electron chi connectivity index (χ1n) is 6.44. The minimum Gasteiger partial charge on any atom is -0.456 e. The van der Waals surface area contributed by atoms with Gasteiger partial charge in [0.05, 0.1) is 5.57 Å². The summed E-state index contributed by atoms with van der Waals surface area (Å²) in [6, 6.07) is 0. The second kappa shape index (κ2) is 5.73. The lowest BCUT2D eigenvalue weighted by atomic mass is 9.79. The molecule has 18 heavy (non-hydrogen) atoms. The van der Waals surface area contributed by atoms with Crippen molar-refractivity contribution in [3.8, 4) is 0 Å². The first kappa shape index (κ1) is 16.9. The molecule has 0 fully saturated rings. The Balaban J connectivity index is 5.20. The SMILES string of the molecule is CC(C)=CC(C(=O)OC(C)(C)C(C)(C)C)=C(C)C. The van der Waals surface area contributed by atoms with E-state index in [9.17, 15) is 4.79 Å². The molecule has 0 unspecified atom stereocenters. The highest BCUT2D eigenvalue weighted by atomic mass is 16.6. The van der Waals surface area contributed by atoms with Gasteiger partial charge >= 0.3 is 5.97 Å². The molecule has 0 atom stereocenters. The van der Waals surface area contributed by atoms with Gasteiger partial charge in [-0.05, 0) is 47.6 Å². The zero-order valence-corrected chi connectivity index (χ0v) is 13.4. The predicted octanol–water partition coefficient (Wildman–Crippen LogP) is 4.66. The van der Waals surface area contributed by atoms with Gasteiger partial charge in [-0.15, -0.1) is 0 Å². The summed E-state index contributed by atoms with van der Waals surface area (Å²) in [5.41, 5.74) is 2.13. The Morgan fingerprint density at radius 1 is 0.944 bits per heavy atom. The molecule has 0 radical (unpaired) electrons. The maximum atomic E-state index is 12.3. The molecule has 0 N–H and O–H groups in total. The molecule has 0 heterocycles. The second-order valence-corrected chi connectivity index (χ2v) is 6.79. The molecule has 104 valence electrons. The van der Waals surface area contributed by atoms with E-state index in [1.165, 1.54) is 0 Å². The molecule has 0 aromatic heterocycles. The first-order chi connectivity index (χ1) is 7.88. The van der Waals surface area contributed by atoms with E-state index in [0.29, 0.717) is 5.57 Å². The van der Waals surface area contributed by atoms with Crippen molar-refractivity contribution in [2.75, 3.05) is 0 Å². The van der Waals surface area contributed by atoms with E-state index in [0.717, 1.165) is 11.1 Å². The van der Waals surface area contributed by atoms with E-state index in [2.05, 4.69) is 20.8 Å². The van der Waals surface area contributed by atoms with Gasteiger partial charge in [-0.2, -0.15) is 0 Å². The quantitative estimate of drug-likeness (QED) is 0.415. The molecule has 0 saturated carbocycles. The fourth-order valence-electron chi connectivity index (χ4n) is 1.14. The topological polar surface area (TPSA) is 26.3 Å². The minimum absolute atomic E-state index is 0.0968. The van der Waals surface area contributed by atoms with Crippen LogP contribution < -0.4 is 0 Å². The van der Waals surface area contributed by atoms with Gasteiger partial charge in [-0.1, -0.05) is 31.9 Å². The minimum atomic E-state index is -0.500. The molecular weight excluding hydrogens is 224 g/mol. The van der Waals surface area contributed by atoms with E-state index in [1.807, 2.05) is 47.6 Å². The summed E-state index contributed by atoms with van der Waals surface area (Å²) in [6.07, 6.45) is 1.89. The lowest BCUT2D eigenvalue weighted by Crippen LogP contribution is -2.41. The Kier molecular flexibility index (Phi) is 5.39. The van der Waals surface area contributed by atoms with Gasteiger partial charge in [0, 0.05) is 5.41 Å². The highest BCUT2D eigenvalue weighted by Gasteiger charge is 2.37. The molecule has 0 amide bonds. The Labute approximate surface area is 112 Å². The van der Waals surface area contributed by atoms with Crippen molar-refractivity contribution in [2.24, 2.45) is 5.41 Å². The molecule has 0 bridgehead atoms. The van der Waals surface area contributed by atoms with E-state index >= 15 is 0 Å².